The minimum Gasteiger partial charge on any atom is -0.394 e. The lowest BCUT2D eigenvalue weighted by atomic mass is 10.0. The van der Waals surface area contributed by atoms with Crippen molar-refractivity contribution in [3.05, 3.63) is 0 Å². The summed E-state index contributed by atoms with van der Waals surface area (Å²) in [7, 11) is 0. The Labute approximate surface area is 67.4 Å². The molecule has 0 amide bonds. The molecule has 0 unspecified atom stereocenters. The molecule has 0 saturated carbocycles. The summed E-state index contributed by atoms with van der Waals surface area (Å²) in [6.45, 7) is -0.661. The van der Waals surface area contributed by atoms with Crippen LogP contribution in [0.5, 0.6) is 0 Å². The summed E-state index contributed by atoms with van der Waals surface area (Å²) in [5.41, 5.74) is 0. The van der Waals surface area contributed by atoms with Gasteiger partial charge in [-0.3, -0.25) is 0 Å². The van der Waals surface area contributed by atoms with Gasteiger partial charge in [-0.2, -0.15) is 0 Å². The van der Waals surface area contributed by atoms with Crippen molar-refractivity contribution >= 4 is 0 Å². The molecule has 0 radical (unpaired) electrons. The number of ether oxygens (including phenoxy) is 1. The van der Waals surface area contributed by atoms with Gasteiger partial charge < -0.3 is 20.1 Å². The van der Waals surface area contributed by atoms with E-state index in [0.717, 1.165) is 0 Å². The maximum atomic E-state index is 12.5. The first kappa shape index (κ1) is 9.79. The normalized spacial score (nSPS) is 49.2. The Kier molecular flexibility index (Phi) is 2.94. The molecule has 1 fully saturated rings. The third kappa shape index (κ3) is 1.56. The number of aliphatic hydroxyl groups is 3. The van der Waals surface area contributed by atoms with E-state index in [1.807, 2.05) is 0 Å². The molecular weight excluding hydrogens is 174 g/mol. The molecule has 0 aromatic rings. The second-order valence-electron chi connectivity index (χ2n) is 2.63. The Bertz CT molecular complexity index is 152. The van der Waals surface area contributed by atoms with E-state index in [1.54, 1.807) is 0 Å². The van der Waals surface area contributed by atoms with Crippen LogP contribution in [-0.2, 0) is 4.74 Å². The molecule has 0 bridgehead atoms. The van der Waals surface area contributed by atoms with Crippen molar-refractivity contribution < 1.29 is 28.8 Å². The van der Waals surface area contributed by atoms with Gasteiger partial charge in [0.05, 0.1) is 6.61 Å². The first-order valence-electron chi connectivity index (χ1n) is 3.48. The van der Waals surface area contributed by atoms with Crippen LogP contribution < -0.4 is 0 Å². The van der Waals surface area contributed by atoms with Crippen molar-refractivity contribution in [1.29, 1.82) is 0 Å². The summed E-state index contributed by atoms with van der Waals surface area (Å²) in [4.78, 5) is 0. The second-order valence-corrected chi connectivity index (χ2v) is 2.63. The summed E-state index contributed by atoms with van der Waals surface area (Å²) in [5, 5.41) is 26.3. The van der Waals surface area contributed by atoms with Gasteiger partial charge in [-0.1, -0.05) is 0 Å². The van der Waals surface area contributed by atoms with Crippen LogP contribution in [0.15, 0.2) is 0 Å². The lowest BCUT2D eigenvalue weighted by Gasteiger charge is -2.35. The maximum Gasteiger partial charge on any atom is 0.233 e. The number of hydrogen-bond acceptors (Lipinski definition) is 4. The quantitative estimate of drug-likeness (QED) is 0.475. The molecule has 4 nitrogen and oxygen atoms in total. The van der Waals surface area contributed by atoms with E-state index in [0.29, 0.717) is 0 Å². The Morgan fingerprint density at radius 3 is 2.25 bits per heavy atom. The maximum absolute atomic E-state index is 12.5. The third-order valence-corrected chi connectivity index (χ3v) is 1.79. The topological polar surface area (TPSA) is 69.9 Å². The van der Waals surface area contributed by atoms with Gasteiger partial charge in [0.2, 0.25) is 6.36 Å². The highest BCUT2D eigenvalue weighted by Gasteiger charge is 2.44. The zero-order valence-corrected chi connectivity index (χ0v) is 6.10. The third-order valence-electron chi connectivity index (χ3n) is 1.79. The predicted octanol–water partition coefficient (Wildman–Crippen LogP) is -1.27. The van der Waals surface area contributed by atoms with Crippen LogP contribution >= 0.6 is 0 Å². The Morgan fingerprint density at radius 2 is 1.75 bits per heavy atom. The van der Waals surface area contributed by atoms with Crippen LogP contribution in [0.2, 0.25) is 0 Å². The van der Waals surface area contributed by atoms with Gasteiger partial charge in [0.25, 0.3) is 0 Å². The first-order chi connectivity index (χ1) is 5.57. The smallest absolute Gasteiger partial charge is 0.233 e. The van der Waals surface area contributed by atoms with Crippen molar-refractivity contribution in [3.8, 4) is 0 Å². The van der Waals surface area contributed by atoms with Crippen LogP contribution in [0.3, 0.4) is 0 Å². The molecule has 6 heteroatoms. The summed E-state index contributed by atoms with van der Waals surface area (Å²) < 4.78 is 29.2. The first-order valence-corrected chi connectivity index (χ1v) is 3.48. The monoisotopic (exact) mass is 184 g/mol. The lowest BCUT2D eigenvalue weighted by molar-refractivity contribution is -0.246. The number of aliphatic hydroxyl groups excluding tert-OH is 3. The van der Waals surface area contributed by atoms with E-state index < -0.39 is 37.4 Å². The fourth-order valence-corrected chi connectivity index (χ4v) is 1.04. The molecule has 72 valence electrons. The predicted molar refractivity (Wildman–Crippen MR) is 33.8 cm³/mol. The molecule has 1 saturated heterocycles. The standard InChI is InChI=1S/C6H10F2O4/c7-3-5(11)4(10)2(1-9)12-6(3)8/h2-6,9-11H,1H2/t2-,3-,4+,5-,6-/m1/s1. The van der Waals surface area contributed by atoms with Crippen LogP contribution in [-0.4, -0.2) is 52.8 Å². The number of halogens is 2. The van der Waals surface area contributed by atoms with Gasteiger partial charge in [0.1, 0.15) is 18.3 Å². The molecular formula is C6H10F2O4. The lowest BCUT2D eigenvalue weighted by Crippen LogP contribution is -2.55. The second kappa shape index (κ2) is 3.61. The average Bonchev–Trinajstić information content (AvgIpc) is 2.08. The highest BCUT2D eigenvalue weighted by atomic mass is 19.2. The molecule has 1 heterocycles. The van der Waals surface area contributed by atoms with Crippen molar-refractivity contribution in [2.45, 2.75) is 30.8 Å². The van der Waals surface area contributed by atoms with Crippen LogP contribution in [0.4, 0.5) is 8.78 Å². The zero-order valence-electron chi connectivity index (χ0n) is 6.10. The number of rotatable bonds is 1. The highest BCUT2D eigenvalue weighted by molar-refractivity contribution is 4.88. The summed E-state index contributed by atoms with van der Waals surface area (Å²) >= 11 is 0. The molecule has 1 aliphatic rings. The van der Waals surface area contributed by atoms with Crippen LogP contribution in [0.1, 0.15) is 0 Å². The van der Waals surface area contributed by atoms with Crippen molar-refractivity contribution in [2.24, 2.45) is 0 Å². The summed E-state index contributed by atoms with van der Waals surface area (Å²) in [6.07, 6.45) is -9.24. The molecule has 3 N–H and O–H groups in total. The molecule has 0 aromatic heterocycles. The number of alkyl halides is 2. The largest absolute Gasteiger partial charge is 0.394 e. The highest BCUT2D eigenvalue weighted by Crippen LogP contribution is 2.23. The molecule has 0 aliphatic carbocycles. The molecule has 1 rings (SSSR count). The summed E-state index contributed by atoms with van der Waals surface area (Å²) in [6, 6.07) is 0. The minimum atomic E-state index is -2.29. The zero-order chi connectivity index (χ0) is 9.30. The van der Waals surface area contributed by atoms with Gasteiger partial charge in [-0.05, 0) is 0 Å². The van der Waals surface area contributed by atoms with E-state index in [2.05, 4.69) is 4.74 Å². The Hall–Kier alpha value is -0.300. The van der Waals surface area contributed by atoms with Crippen molar-refractivity contribution in [2.75, 3.05) is 6.61 Å². The number of hydrogen-bond donors (Lipinski definition) is 3. The van der Waals surface area contributed by atoms with Crippen molar-refractivity contribution in [3.63, 3.8) is 0 Å². The summed E-state index contributed by atoms with van der Waals surface area (Å²) in [5.74, 6) is 0. The van der Waals surface area contributed by atoms with Gasteiger partial charge in [0.15, 0.2) is 6.17 Å². The van der Waals surface area contributed by atoms with Crippen LogP contribution in [0, 0.1) is 0 Å². The van der Waals surface area contributed by atoms with Crippen molar-refractivity contribution in [1.82, 2.24) is 0 Å². The van der Waals surface area contributed by atoms with E-state index in [1.165, 1.54) is 0 Å². The molecule has 0 aromatic carbocycles. The minimum absolute atomic E-state index is 0.661. The van der Waals surface area contributed by atoms with Gasteiger partial charge >= 0.3 is 0 Å². The molecule has 1 aliphatic heterocycles. The molecule has 12 heavy (non-hydrogen) atoms. The van der Waals surface area contributed by atoms with E-state index in [4.69, 9.17) is 15.3 Å². The SMILES string of the molecule is OC[C@H]1O[C@@H](F)[C@H](F)[C@@H](O)[C@H]1O. The Balaban J connectivity index is 2.63. The van der Waals surface area contributed by atoms with E-state index >= 15 is 0 Å². The molecule has 5 atom stereocenters. The molecule has 0 spiro atoms. The van der Waals surface area contributed by atoms with E-state index in [-0.39, 0.29) is 0 Å². The Morgan fingerprint density at radius 1 is 1.17 bits per heavy atom. The van der Waals surface area contributed by atoms with E-state index in [9.17, 15) is 8.78 Å². The fourth-order valence-electron chi connectivity index (χ4n) is 1.04. The van der Waals surface area contributed by atoms with Gasteiger partial charge in [0, 0.05) is 0 Å². The van der Waals surface area contributed by atoms with Crippen LogP contribution in [0.25, 0.3) is 0 Å². The average molecular weight is 184 g/mol. The van der Waals surface area contributed by atoms with Gasteiger partial charge in [-0.25, -0.2) is 8.78 Å². The van der Waals surface area contributed by atoms with Gasteiger partial charge in [-0.15, -0.1) is 0 Å². The fraction of sp³-hybridized carbons (Fsp3) is 1.00.